The Labute approximate surface area is 867 Å². The Hall–Kier alpha value is -7.21. The number of carbonyl (C=O) groups is 9. The van der Waals surface area contributed by atoms with Gasteiger partial charge in [0.05, 0.1) is 66.8 Å². The SMILES string of the molecule is C.CO[C@H]1C[C@@H]2CC[C@@H](C)[C@@](O)(O2)C(=O)C(=O)N2CCCC[C@H]2C(=O)O[C@H]([C@H](C)C[C@@H]2CC[C@@H](O)[C@H](OC)C2)C[C@@H](OC)[C@H](C)/C=C(\C)[C@@H](O)[C@@H](OC)C(=NOCC(=O)O)[C@H](C)C[C@H](C)/C=C/C=C/C=C/1C.CO[C@H]1C[C@@H]2CC[C@@H](C)[C@@](O)(O2)C(=O)C(=O)N2CCCC[C@H]2C(=O)O[C@H]([C@H](C)C[C@@H]2CC[C@@H](O)[C@H](OC)C2)C[C@@H](OC)[C@H](C)/C=C(\C)[C@@H](O)[C@@H](OC)C(=O)[C@H](C)C[C@H](C)/C=C/C=C/C=C/1C.Cl.NOCC(=O)O. The molecule has 828 valence electrons. The summed E-state index contributed by atoms with van der Waals surface area (Å²) in [5, 5.41) is 89.9. The van der Waals surface area contributed by atoms with Gasteiger partial charge in [-0.25, -0.2) is 25.1 Å². The maximum Gasteiger partial charge on any atom is 0.344 e. The maximum atomic E-state index is 14.6. The predicted molar refractivity (Wildman–Crippen MR) is 550 cm³/mol. The molecule has 0 aromatic rings. The Morgan fingerprint density at radius 3 is 1.21 bits per heavy atom. The molecular weight excluding hydrogens is 1900 g/mol. The van der Waals surface area contributed by atoms with Gasteiger partial charge in [-0.3, -0.25) is 28.8 Å². The van der Waals surface area contributed by atoms with Crippen molar-refractivity contribution in [1.82, 2.24) is 9.80 Å². The number of methoxy groups -OCH3 is 8. The monoisotopic (exact) mass is 2080 g/mol. The summed E-state index contributed by atoms with van der Waals surface area (Å²) >= 11 is 0. The molecule has 2 saturated carbocycles. The van der Waals surface area contributed by atoms with Gasteiger partial charge in [-0.1, -0.05) is 155 Å². The van der Waals surface area contributed by atoms with E-state index in [0.717, 1.165) is 24.0 Å². The summed E-state index contributed by atoms with van der Waals surface area (Å²) in [5.41, 5.74) is 3.18. The fraction of sp³-hybridized carbons (Fsp3) is 0.761. The number of fused-ring (bicyclic) bond motifs is 6. The zero-order chi connectivity index (χ0) is 106. The Balaban J connectivity index is 0.000000565. The van der Waals surface area contributed by atoms with Crippen molar-refractivity contribution in [3.8, 4) is 0 Å². The molecule has 36 heteroatoms. The number of carboxylic acid groups (broad SMARTS) is 2. The van der Waals surface area contributed by atoms with Crippen LogP contribution in [-0.2, 0) is 110 Å². The lowest BCUT2D eigenvalue weighted by Crippen LogP contribution is -2.61. The molecule has 0 aromatic carbocycles. The lowest BCUT2D eigenvalue weighted by molar-refractivity contribution is -0.265. The van der Waals surface area contributed by atoms with Crippen molar-refractivity contribution in [2.75, 3.05) is 83.2 Å². The highest BCUT2D eigenvalue weighted by molar-refractivity contribution is 6.39. The van der Waals surface area contributed by atoms with E-state index in [2.05, 4.69) is 15.9 Å². The van der Waals surface area contributed by atoms with Crippen LogP contribution in [0.2, 0.25) is 0 Å². The van der Waals surface area contributed by atoms with Crippen molar-refractivity contribution in [1.29, 1.82) is 0 Å². The summed E-state index contributed by atoms with van der Waals surface area (Å²) in [6.45, 7) is 25.6. The van der Waals surface area contributed by atoms with Crippen LogP contribution in [-0.4, -0.2) is 314 Å². The smallest absolute Gasteiger partial charge is 0.344 e. The highest BCUT2D eigenvalue weighted by Gasteiger charge is 2.56. The van der Waals surface area contributed by atoms with Gasteiger partial charge in [0.15, 0.2) is 12.4 Å². The topological polar surface area (TPSA) is 490 Å². The van der Waals surface area contributed by atoms with Crippen molar-refractivity contribution >= 4 is 71.2 Å². The molecule has 6 fully saturated rings. The molecule has 145 heavy (non-hydrogen) atoms. The summed E-state index contributed by atoms with van der Waals surface area (Å²) in [7, 11) is 12.4. The molecule has 0 spiro atoms. The number of carboxylic acids is 2. The number of nitrogens with two attached hydrogens (primary N) is 1. The third-order valence-electron chi connectivity index (χ3n) is 30.5. The van der Waals surface area contributed by atoms with E-state index in [9.17, 15) is 78.9 Å². The van der Waals surface area contributed by atoms with E-state index < -0.39 is 187 Å². The van der Waals surface area contributed by atoms with Gasteiger partial charge in [-0.2, -0.15) is 0 Å². The normalized spacial score (nSPS) is 38.4. The predicted octanol–water partition coefficient (Wildman–Crippen LogP) is 13.2. The number of ketones is 3. The summed E-state index contributed by atoms with van der Waals surface area (Å²) in [6, 6.07) is -2.16. The van der Waals surface area contributed by atoms with Crippen LogP contribution in [0, 0.1) is 71.0 Å². The number of halogens is 1. The molecule has 0 radical (unpaired) electrons. The van der Waals surface area contributed by atoms with Gasteiger partial charge in [0, 0.05) is 131 Å². The first-order valence-electron chi connectivity index (χ1n) is 51.5. The fourth-order valence-corrected chi connectivity index (χ4v) is 21.5. The van der Waals surface area contributed by atoms with Crippen LogP contribution in [0.1, 0.15) is 258 Å². The summed E-state index contributed by atoms with van der Waals surface area (Å²) in [5.74, 6) is -11.2. The molecule has 2 aliphatic carbocycles. The van der Waals surface area contributed by atoms with Crippen molar-refractivity contribution < 1.29 is 151 Å². The number of hydrogen-bond acceptors (Lipinski definition) is 31. The lowest BCUT2D eigenvalue weighted by atomic mass is 9.78. The average molecular weight is 2080 g/mol. The molecule has 0 aromatic heterocycles. The third-order valence-corrected chi connectivity index (χ3v) is 30.5. The molecule has 4 bridgehead atoms. The van der Waals surface area contributed by atoms with E-state index in [1.807, 2.05) is 142 Å². The number of cyclic esters (lactones) is 2. The number of Topliss-reactive ketones (excluding diaryl/α,β-unsaturated/α-hetero) is 3. The Bertz CT molecular complexity index is 4310. The third kappa shape index (κ3) is 38.6. The van der Waals surface area contributed by atoms with Crippen LogP contribution in [0.25, 0.3) is 0 Å². The summed E-state index contributed by atoms with van der Waals surface area (Å²) in [4.78, 5) is 132. The standard InChI is InChI=1S/C54H86N2O15.C52H83NO13.C2H5NO3.CH4.ClH/c1-32-17-13-12-14-18-33(2)43(65-8)29-40-22-20-38(7)54(64,71-40)51(61)52(62)56-24-16-15-19-41(56)53(63)70-45(35(4)27-39-21-23-42(57)46(28-39)67-10)30-44(66-9)34(3)26-37(6)49(60)50(68-11)48(36(5)25-32)55-69-31-47(58)59;1-31-17-13-12-14-18-32(2)42(61-8)29-39-22-20-37(7)52(60,66-39)49(57)50(58)53-24-16-15-19-40(53)51(59)65-44(34(4)27-38-21-23-41(54)45(28-38)63-10)30-43(62-9)33(3)26-36(6)47(56)48(64-11)46(55)35(5)25-31;3-6-1-2(4)5;;/h12-14,17-18,26,32,34-36,38-46,49-50,57,60,64H,15-16,19-25,27-31H2,1-11H3,(H,58,59);12-14,17-18,26,31,33-35,37-45,47-48,54,56,60H,15-16,19-25,27-30H2,1-11H3;1,3H2,(H,4,5);1H4;1H/b14-12+,17-13+,33-18+,37-26+,55-48?;14-12+,17-13+,32-18+,36-26+;;;/t32-,34-,35-,36-,38-,39+,40+,41+,42-,43+,44-,45+,46-,49-,50+,54-;31-,33-,34-,35-,37-,38+,39+,40+,41-,42+,43-,44+,45-,47-,48+,52-;;;/m11.../s1. The Kier molecular flexibility index (Phi) is 57.8. The van der Waals surface area contributed by atoms with Crippen LogP contribution >= 0.6 is 12.4 Å². The van der Waals surface area contributed by atoms with Gasteiger partial charge in [-0.15, -0.1) is 12.4 Å². The van der Waals surface area contributed by atoms with E-state index in [1.54, 1.807) is 70.4 Å². The molecule has 8 rings (SSSR count). The van der Waals surface area contributed by atoms with Crippen LogP contribution in [0.3, 0.4) is 0 Å². The van der Waals surface area contributed by atoms with E-state index in [1.165, 1.54) is 24.0 Å². The van der Waals surface area contributed by atoms with Crippen LogP contribution in [0.5, 0.6) is 0 Å². The van der Waals surface area contributed by atoms with Gasteiger partial charge >= 0.3 is 23.9 Å². The minimum absolute atomic E-state index is 0. The van der Waals surface area contributed by atoms with Crippen molar-refractivity contribution in [2.24, 2.45) is 82.1 Å². The number of rotatable bonds is 19. The first-order valence-corrected chi connectivity index (χ1v) is 51.5. The number of amides is 2. The van der Waals surface area contributed by atoms with Gasteiger partial charge in [0.1, 0.15) is 48.7 Å². The molecule has 35 nitrogen and oxygen atoms in total. The lowest BCUT2D eigenvalue weighted by Gasteiger charge is -2.43. The number of esters is 2. The summed E-state index contributed by atoms with van der Waals surface area (Å²) in [6.07, 6.45) is 24.6. The minimum atomic E-state index is -2.42. The molecular formula is C109H179ClN4O31. The molecule has 0 unspecified atom stereocenters. The van der Waals surface area contributed by atoms with Crippen molar-refractivity contribution in [3.05, 3.63) is 95.2 Å². The van der Waals surface area contributed by atoms with Gasteiger partial charge in [0.2, 0.25) is 18.2 Å². The average Bonchev–Trinajstić information content (AvgIpc) is 0.776. The Morgan fingerprint density at radius 1 is 0.462 bits per heavy atom. The molecule has 6 heterocycles. The number of aliphatic hydroxyl groups is 6. The number of allylic oxidation sites excluding steroid dienone is 10. The zero-order valence-corrected chi connectivity index (χ0v) is 90.2. The van der Waals surface area contributed by atoms with Crippen LogP contribution in [0.15, 0.2) is 100 Å². The molecule has 10 N–H and O–H groups in total. The van der Waals surface area contributed by atoms with E-state index in [4.69, 9.17) is 66.8 Å². The van der Waals surface area contributed by atoms with Crippen LogP contribution in [0.4, 0.5) is 0 Å². The van der Waals surface area contributed by atoms with Crippen molar-refractivity contribution in [2.45, 2.75) is 380 Å². The first-order chi connectivity index (χ1) is 67.7. The van der Waals surface area contributed by atoms with Gasteiger partial charge in [0.25, 0.3) is 23.4 Å². The second-order valence-electron chi connectivity index (χ2n) is 41.5. The first kappa shape index (κ1) is 130. The number of piperidine rings is 2. The highest BCUT2D eigenvalue weighted by atomic mass is 35.5. The van der Waals surface area contributed by atoms with E-state index in [-0.39, 0.29) is 130 Å². The van der Waals surface area contributed by atoms with Crippen LogP contribution < -0.4 is 5.90 Å². The molecule has 2 amide bonds. The second-order valence-corrected chi connectivity index (χ2v) is 41.5. The fourth-order valence-electron chi connectivity index (χ4n) is 21.5. The molecule has 8 aliphatic rings. The summed E-state index contributed by atoms with van der Waals surface area (Å²) < 4.78 is 72.0. The largest absolute Gasteiger partial charge is 0.479 e. The maximum absolute atomic E-state index is 14.6. The molecule has 32 atom stereocenters. The van der Waals surface area contributed by atoms with Crippen molar-refractivity contribution in [3.63, 3.8) is 0 Å². The number of hydrogen-bond donors (Lipinski definition) is 9. The second kappa shape index (κ2) is 64.5. The van der Waals surface area contributed by atoms with E-state index in [0.29, 0.717) is 132 Å². The van der Waals surface area contributed by atoms with Gasteiger partial charge in [-0.05, 0) is 214 Å². The number of ether oxygens (including phenoxy) is 12. The molecule has 4 saturated heterocycles. The highest BCUT2D eigenvalue weighted by Crippen LogP contribution is 2.43. The number of carbonyl (C=O) groups excluding carboxylic acids is 7. The van der Waals surface area contributed by atoms with E-state index >= 15 is 0 Å². The minimum Gasteiger partial charge on any atom is -0.479 e. The number of oxime groups is 1. The quantitative estimate of drug-likeness (QED) is 0.0251. The number of aliphatic hydroxyl groups excluding tert-OH is 4. The van der Waals surface area contributed by atoms with Gasteiger partial charge < -0.3 is 112 Å². The zero-order valence-electron chi connectivity index (χ0n) is 89.3. The Morgan fingerprint density at radius 2 is 0.848 bits per heavy atom. The number of nitrogens with zero attached hydrogens (tertiary/aromatic N) is 3. The number of aliphatic carboxylic acids is 2. The molecule has 6 aliphatic heterocycles.